The summed E-state index contributed by atoms with van der Waals surface area (Å²) in [6, 6.07) is 11.1. The number of benzene rings is 1. The third kappa shape index (κ3) is 3.74. The lowest BCUT2D eigenvalue weighted by Gasteiger charge is -2.24. The lowest BCUT2D eigenvalue weighted by atomic mass is 10.1. The zero-order valence-electron chi connectivity index (χ0n) is 13.0. The number of thiophene rings is 1. The fraction of sp³-hybridized carbons (Fsp3) is 0.294. The molecule has 1 aromatic heterocycles. The molecule has 2 rings (SSSR count). The molecule has 0 aliphatic carbocycles. The summed E-state index contributed by atoms with van der Waals surface area (Å²) in [5.74, 6) is -0.126. The molecule has 2 aromatic rings. The summed E-state index contributed by atoms with van der Waals surface area (Å²) in [5, 5.41) is 4.78. The molecule has 0 saturated heterocycles. The number of nitrogens with zero attached hydrogens (tertiary/aromatic N) is 1. The molecular weight excluding hydrogens is 296 g/mol. The van der Waals surface area contributed by atoms with Crippen LogP contribution in [0.1, 0.15) is 41.5 Å². The number of hydrogen-bond acceptors (Lipinski definition) is 3. The summed E-state index contributed by atoms with van der Waals surface area (Å²) in [7, 11) is 1.80. The van der Waals surface area contributed by atoms with Gasteiger partial charge in [0.2, 0.25) is 5.91 Å². The Morgan fingerprint density at radius 1 is 1.27 bits per heavy atom. The first-order valence-electron chi connectivity index (χ1n) is 7.23. The smallest absolute Gasteiger partial charge is 0.254 e. The molecule has 4 nitrogen and oxygen atoms in total. The maximum Gasteiger partial charge on any atom is 0.254 e. The molecule has 0 aliphatic rings. The van der Waals surface area contributed by atoms with E-state index in [0.717, 1.165) is 4.88 Å². The summed E-state index contributed by atoms with van der Waals surface area (Å²) in [4.78, 5) is 26.9. The van der Waals surface area contributed by atoms with Gasteiger partial charge in [-0.1, -0.05) is 19.1 Å². The Bertz CT molecular complexity index is 652. The van der Waals surface area contributed by atoms with Crippen molar-refractivity contribution in [2.24, 2.45) is 0 Å². The predicted octanol–water partition coefficient (Wildman–Crippen LogP) is 3.93. The maximum absolute atomic E-state index is 12.6. The summed E-state index contributed by atoms with van der Waals surface area (Å²) in [6.45, 7) is 3.80. The molecule has 22 heavy (non-hydrogen) atoms. The van der Waals surface area contributed by atoms with Gasteiger partial charge in [-0.3, -0.25) is 9.59 Å². The van der Waals surface area contributed by atoms with Crippen LogP contribution in [0.15, 0.2) is 41.8 Å². The number of hydrogen-bond donors (Lipinski definition) is 1. The van der Waals surface area contributed by atoms with Crippen LogP contribution in [-0.4, -0.2) is 23.8 Å². The molecule has 2 amide bonds. The molecule has 0 bridgehead atoms. The normalized spacial score (nSPS) is 11.8. The minimum Gasteiger partial charge on any atom is -0.334 e. The van der Waals surface area contributed by atoms with Gasteiger partial charge in [0.1, 0.15) is 0 Å². The average molecular weight is 316 g/mol. The molecule has 1 aromatic carbocycles. The topological polar surface area (TPSA) is 49.4 Å². The highest BCUT2D eigenvalue weighted by molar-refractivity contribution is 7.10. The van der Waals surface area contributed by atoms with E-state index in [-0.39, 0.29) is 17.9 Å². The number of anilines is 1. The molecule has 1 N–H and O–H groups in total. The first kappa shape index (κ1) is 16.2. The minimum absolute atomic E-state index is 0.0152. The Kier molecular flexibility index (Phi) is 5.33. The van der Waals surface area contributed by atoms with Crippen LogP contribution in [0.3, 0.4) is 0 Å². The monoisotopic (exact) mass is 316 g/mol. The van der Waals surface area contributed by atoms with Crippen LogP contribution in [0.5, 0.6) is 0 Å². The minimum atomic E-state index is -0.0649. The van der Waals surface area contributed by atoms with Gasteiger partial charge in [0.15, 0.2) is 0 Å². The van der Waals surface area contributed by atoms with E-state index >= 15 is 0 Å². The maximum atomic E-state index is 12.6. The average Bonchev–Trinajstić information content (AvgIpc) is 3.07. The van der Waals surface area contributed by atoms with Crippen LogP contribution in [0.4, 0.5) is 5.69 Å². The molecule has 0 spiro atoms. The van der Waals surface area contributed by atoms with E-state index in [9.17, 15) is 9.59 Å². The van der Waals surface area contributed by atoms with Crippen molar-refractivity contribution >= 4 is 28.8 Å². The molecule has 116 valence electrons. The number of nitrogens with one attached hydrogen (secondary N) is 1. The quantitative estimate of drug-likeness (QED) is 0.908. The predicted molar refractivity (Wildman–Crippen MR) is 90.2 cm³/mol. The van der Waals surface area contributed by atoms with Crippen molar-refractivity contribution in [1.82, 2.24) is 4.90 Å². The second kappa shape index (κ2) is 7.22. The number of carbonyl (C=O) groups is 2. The Morgan fingerprint density at radius 3 is 2.68 bits per heavy atom. The van der Waals surface area contributed by atoms with E-state index in [2.05, 4.69) is 5.32 Å². The summed E-state index contributed by atoms with van der Waals surface area (Å²) < 4.78 is 0. The largest absolute Gasteiger partial charge is 0.334 e. The van der Waals surface area contributed by atoms with Crippen LogP contribution >= 0.6 is 11.3 Å². The Labute approximate surface area is 134 Å². The highest BCUT2D eigenvalue weighted by Gasteiger charge is 2.19. The molecule has 1 unspecified atom stereocenters. The van der Waals surface area contributed by atoms with Crippen LogP contribution in [0.25, 0.3) is 0 Å². The summed E-state index contributed by atoms with van der Waals surface area (Å²) in [6.07, 6.45) is 0.410. The highest BCUT2D eigenvalue weighted by atomic mass is 32.1. The number of amides is 2. The van der Waals surface area contributed by atoms with Gasteiger partial charge in [-0.25, -0.2) is 0 Å². The van der Waals surface area contributed by atoms with Crippen molar-refractivity contribution in [3.05, 3.63) is 52.2 Å². The number of rotatable bonds is 5. The van der Waals surface area contributed by atoms with Gasteiger partial charge in [0.05, 0.1) is 6.04 Å². The number of carbonyl (C=O) groups excluding carboxylic acids is 2. The third-order valence-electron chi connectivity index (χ3n) is 3.57. The van der Waals surface area contributed by atoms with Gasteiger partial charge in [0, 0.05) is 29.6 Å². The molecule has 0 aliphatic heterocycles. The standard InChI is InChI=1S/C17H20N2O2S/c1-4-16(20)18-14-8-5-7-13(11-14)17(21)19(3)12(2)15-9-6-10-22-15/h5-12H,4H2,1-3H3,(H,18,20). The van der Waals surface area contributed by atoms with E-state index in [1.54, 1.807) is 54.5 Å². The summed E-state index contributed by atoms with van der Waals surface area (Å²) >= 11 is 1.64. The zero-order valence-corrected chi connectivity index (χ0v) is 13.8. The van der Waals surface area contributed by atoms with Crippen molar-refractivity contribution in [1.29, 1.82) is 0 Å². The molecule has 5 heteroatoms. The first-order chi connectivity index (χ1) is 10.5. The zero-order chi connectivity index (χ0) is 16.1. The van der Waals surface area contributed by atoms with E-state index in [1.165, 1.54) is 0 Å². The lowest BCUT2D eigenvalue weighted by Crippen LogP contribution is -2.29. The fourth-order valence-electron chi connectivity index (χ4n) is 2.08. The van der Waals surface area contributed by atoms with Gasteiger partial charge in [-0.2, -0.15) is 0 Å². The van der Waals surface area contributed by atoms with Crippen molar-refractivity contribution in [2.75, 3.05) is 12.4 Å². The summed E-state index contributed by atoms with van der Waals surface area (Å²) in [5.41, 5.74) is 1.22. The molecular formula is C17H20N2O2S. The van der Waals surface area contributed by atoms with E-state index in [0.29, 0.717) is 17.7 Å². The highest BCUT2D eigenvalue weighted by Crippen LogP contribution is 2.25. The third-order valence-corrected chi connectivity index (χ3v) is 4.61. The van der Waals surface area contributed by atoms with E-state index < -0.39 is 0 Å². The van der Waals surface area contributed by atoms with Crippen LogP contribution < -0.4 is 5.32 Å². The molecule has 0 fully saturated rings. The SMILES string of the molecule is CCC(=O)Nc1cccc(C(=O)N(C)C(C)c2cccs2)c1. The van der Waals surface area contributed by atoms with Crippen molar-refractivity contribution < 1.29 is 9.59 Å². The van der Waals surface area contributed by atoms with Gasteiger partial charge in [0.25, 0.3) is 5.91 Å². The van der Waals surface area contributed by atoms with Gasteiger partial charge < -0.3 is 10.2 Å². The van der Waals surface area contributed by atoms with Crippen LogP contribution in [-0.2, 0) is 4.79 Å². The lowest BCUT2D eigenvalue weighted by molar-refractivity contribution is -0.115. The van der Waals surface area contributed by atoms with Gasteiger partial charge in [-0.05, 0) is 36.6 Å². The fourth-order valence-corrected chi connectivity index (χ4v) is 2.91. The Hall–Kier alpha value is -2.14. The van der Waals surface area contributed by atoms with Crippen LogP contribution in [0.2, 0.25) is 0 Å². The van der Waals surface area contributed by atoms with Crippen molar-refractivity contribution in [3.8, 4) is 0 Å². The van der Waals surface area contributed by atoms with Crippen molar-refractivity contribution in [2.45, 2.75) is 26.3 Å². The second-order valence-electron chi connectivity index (χ2n) is 5.09. The van der Waals surface area contributed by atoms with Gasteiger partial charge >= 0.3 is 0 Å². The Balaban J connectivity index is 2.15. The van der Waals surface area contributed by atoms with Crippen LogP contribution in [0, 0.1) is 0 Å². The second-order valence-corrected chi connectivity index (χ2v) is 6.07. The molecule has 1 heterocycles. The van der Waals surface area contributed by atoms with E-state index in [4.69, 9.17) is 0 Å². The molecule has 0 radical (unpaired) electrons. The van der Waals surface area contributed by atoms with Crippen molar-refractivity contribution in [3.63, 3.8) is 0 Å². The molecule has 0 saturated carbocycles. The first-order valence-corrected chi connectivity index (χ1v) is 8.11. The van der Waals surface area contributed by atoms with Gasteiger partial charge in [-0.15, -0.1) is 11.3 Å². The Morgan fingerprint density at radius 2 is 2.05 bits per heavy atom. The van der Waals surface area contributed by atoms with E-state index in [1.807, 2.05) is 24.4 Å². The molecule has 1 atom stereocenters.